The lowest BCUT2D eigenvalue weighted by molar-refractivity contribution is 0.556. The predicted octanol–water partition coefficient (Wildman–Crippen LogP) is 1.90. The molecule has 0 saturated carbocycles. The highest BCUT2D eigenvalue weighted by molar-refractivity contribution is 7.89. The lowest BCUT2D eigenvalue weighted by atomic mass is 9.92. The van der Waals surface area contributed by atoms with Gasteiger partial charge in [0.1, 0.15) is 4.90 Å². The van der Waals surface area contributed by atoms with Crippen molar-refractivity contribution in [3.63, 3.8) is 0 Å². The van der Waals surface area contributed by atoms with E-state index in [4.69, 9.17) is 5.14 Å². The molecule has 1 fully saturated rings. The van der Waals surface area contributed by atoms with Crippen LogP contribution in [0.5, 0.6) is 0 Å². The number of aromatic nitrogens is 2. The number of hydrogen-bond donors (Lipinski definition) is 1. The predicted molar refractivity (Wildman–Crippen MR) is 88.6 cm³/mol. The quantitative estimate of drug-likeness (QED) is 0.923. The van der Waals surface area contributed by atoms with Gasteiger partial charge in [0, 0.05) is 18.5 Å². The summed E-state index contributed by atoms with van der Waals surface area (Å²) < 4.78 is 22.6. The second-order valence-electron chi connectivity index (χ2n) is 5.87. The van der Waals surface area contributed by atoms with Crippen LogP contribution >= 0.6 is 0 Å². The van der Waals surface area contributed by atoms with Gasteiger partial charge >= 0.3 is 0 Å². The number of benzene rings is 1. The van der Waals surface area contributed by atoms with Crippen molar-refractivity contribution in [2.75, 3.05) is 11.4 Å². The number of primary sulfonamides is 1. The molecule has 0 aliphatic carbocycles. The van der Waals surface area contributed by atoms with Crippen LogP contribution in [0.15, 0.2) is 47.6 Å². The Labute approximate surface area is 136 Å². The Morgan fingerprint density at radius 2 is 1.87 bits per heavy atom. The Kier molecular flexibility index (Phi) is 4.32. The molecular formula is C16H20N4O2S. The number of nitrogens with two attached hydrogens (primary N) is 1. The molecule has 1 aliphatic heterocycles. The average Bonchev–Trinajstić information content (AvgIpc) is 3.04. The van der Waals surface area contributed by atoms with E-state index in [9.17, 15) is 8.42 Å². The van der Waals surface area contributed by atoms with Crippen molar-refractivity contribution < 1.29 is 8.42 Å². The topological polar surface area (TPSA) is 89.2 Å². The molecule has 0 radical (unpaired) electrons. The zero-order valence-corrected chi connectivity index (χ0v) is 13.8. The first-order valence-electron chi connectivity index (χ1n) is 7.63. The molecule has 2 N–H and O–H groups in total. The standard InChI is InChI=1S/C16H20N4O2S/c1-12(13-6-3-2-4-7-13)15-8-5-9-20(15)16-18-10-14(11-19-16)23(17,21)22/h2-4,6-7,10-12,15H,5,8-9H2,1H3,(H2,17,21,22). The fraction of sp³-hybridized carbons (Fsp3) is 0.375. The maximum Gasteiger partial charge on any atom is 0.241 e. The Morgan fingerprint density at radius 1 is 1.22 bits per heavy atom. The highest BCUT2D eigenvalue weighted by Crippen LogP contribution is 2.32. The van der Waals surface area contributed by atoms with Crippen LogP contribution < -0.4 is 10.0 Å². The van der Waals surface area contributed by atoms with Gasteiger partial charge in [0.05, 0.1) is 12.4 Å². The molecule has 23 heavy (non-hydrogen) atoms. The van der Waals surface area contributed by atoms with Gasteiger partial charge in [0.25, 0.3) is 0 Å². The fourth-order valence-corrected chi connectivity index (χ4v) is 3.54. The minimum atomic E-state index is -3.76. The van der Waals surface area contributed by atoms with Crippen molar-refractivity contribution in [3.05, 3.63) is 48.3 Å². The van der Waals surface area contributed by atoms with Crippen LogP contribution in [0.1, 0.15) is 31.2 Å². The Bertz CT molecular complexity index is 762. The fourth-order valence-electron chi connectivity index (χ4n) is 3.14. The first-order chi connectivity index (χ1) is 11.0. The van der Waals surface area contributed by atoms with Gasteiger partial charge in [-0.2, -0.15) is 0 Å². The average molecular weight is 332 g/mol. The van der Waals surface area contributed by atoms with E-state index in [1.54, 1.807) is 0 Å². The Hall–Kier alpha value is -1.99. The summed E-state index contributed by atoms with van der Waals surface area (Å²) in [4.78, 5) is 10.5. The van der Waals surface area contributed by atoms with Crippen molar-refractivity contribution in [3.8, 4) is 0 Å². The van der Waals surface area contributed by atoms with Gasteiger partial charge in [-0.1, -0.05) is 37.3 Å². The van der Waals surface area contributed by atoms with E-state index in [2.05, 4.69) is 33.9 Å². The molecule has 0 bridgehead atoms. The van der Waals surface area contributed by atoms with Gasteiger partial charge in [-0.05, 0) is 18.4 Å². The van der Waals surface area contributed by atoms with Crippen LogP contribution in [0.2, 0.25) is 0 Å². The van der Waals surface area contributed by atoms with E-state index in [0.29, 0.717) is 17.9 Å². The zero-order valence-electron chi connectivity index (χ0n) is 13.0. The first kappa shape index (κ1) is 15.9. The molecule has 1 aliphatic rings. The van der Waals surface area contributed by atoms with E-state index in [1.807, 2.05) is 18.2 Å². The number of rotatable bonds is 4. The molecule has 1 aromatic carbocycles. The zero-order chi connectivity index (χ0) is 16.4. The Balaban J connectivity index is 1.84. The summed E-state index contributed by atoms with van der Waals surface area (Å²) in [5, 5.41) is 5.09. The second kappa shape index (κ2) is 6.25. The molecule has 122 valence electrons. The summed E-state index contributed by atoms with van der Waals surface area (Å²) in [5.41, 5.74) is 1.28. The van der Waals surface area contributed by atoms with Crippen molar-refractivity contribution >= 4 is 16.0 Å². The molecule has 1 saturated heterocycles. The van der Waals surface area contributed by atoms with Gasteiger partial charge in [0.2, 0.25) is 16.0 Å². The summed E-state index contributed by atoms with van der Waals surface area (Å²) in [7, 11) is -3.76. The van der Waals surface area contributed by atoms with Gasteiger partial charge < -0.3 is 4.90 Å². The van der Waals surface area contributed by atoms with Crippen molar-refractivity contribution in [2.24, 2.45) is 5.14 Å². The van der Waals surface area contributed by atoms with E-state index >= 15 is 0 Å². The third-order valence-electron chi connectivity index (χ3n) is 4.40. The maximum absolute atomic E-state index is 11.3. The normalized spacial score (nSPS) is 19.7. The molecule has 2 unspecified atom stereocenters. The van der Waals surface area contributed by atoms with E-state index in [1.165, 1.54) is 18.0 Å². The third-order valence-corrected chi connectivity index (χ3v) is 5.27. The smallest absolute Gasteiger partial charge is 0.241 e. The molecular weight excluding hydrogens is 312 g/mol. The first-order valence-corrected chi connectivity index (χ1v) is 9.18. The number of hydrogen-bond acceptors (Lipinski definition) is 5. The van der Waals surface area contributed by atoms with E-state index in [-0.39, 0.29) is 4.90 Å². The highest BCUT2D eigenvalue weighted by Gasteiger charge is 2.31. The third kappa shape index (κ3) is 3.35. The SMILES string of the molecule is CC(c1ccccc1)C1CCCN1c1ncc(S(N)(=O)=O)cn1. The highest BCUT2D eigenvalue weighted by atomic mass is 32.2. The summed E-state index contributed by atoms with van der Waals surface area (Å²) in [6, 6.07) is 10.7. The number of nitrogens with zero attached hydrogens (tertiary/aromatic N) is 3. The van der Waals surface area contributed by atoms with Crippen molar-refractivity contribution in [1.29, 1.82) is 0 Å². The summed E-state index contributed by atoms with van der Waals surface area (Å²) >= 11 is 0. The van der Waals surface area contributed by atoms with Crippen LogP contribution in [0.4, 0.5) is 5.95 Å². The van der Waals surface area contributed by atoms with Gasteiger partial charge in [-0.25, -0.2) is 23.5 Å². The van der Waals surface area contributed by atoms with E-state index in [0.717, 1.165) is 19.4 Å². The number of sulfonamides is 1. The number of anilines is 1. The molecule has 0 spiro atoms. The lowest BCUT2D eigenvalue weighted by Crippen LogP contribution is -2.34. The lowest BCUT2D eigenvalue weighted by Gasteiger charge is -2.30. The summed E-state index contributed by atoms with van der Waals surface area (Å²) in [6.45, 7) is 3.08. The molecule has 2 aromatic rings. The molecule has 3 rings (SSSR count). The van der Waals surface area contributed by atoms with E-state index < -0.39 is 10.0 Å². The van der Waals surface area contributed by atoms with Crippen LogP contribution in [-0.4, -0.2) is 31.0 Å². The summed E-state index contributed by atoms with van der Waals surface area (Å²) in [5.74, 6) is 0.905. The van der Waals surface area contributed by atoms with Crippen LogP contribution in [0.25, 0.3) is 0 Å². The largest absolute Gasteiger partial charge is 0.337 e. The molecule has 2 atom stereocenters. The van der Waals surface area contributed by atoms with Crippen molar-refractivity contribution in [1.82, 2.24) is 9.97 Å². The second-order valence-corrected chi connectivity index (χ2v) is 7.43. The maximum atomic E-state index is 11.3. The minimum absolute atomic E-state index is 0.0619. The van der Waals surface area contributed by atoms with Crippen LogP contribution in [0.3, 0.4) is 0 Å². The monoisotopic (exact) mass is 332 g/mol. The van der Waals surface area contributed by atoms with Gasteiger partial charge in [0.15, 0.2) is 0 Å². The summed E-state index contributed by atoms with van der Waals surface area (Å²) in [6.07, 6.45) is 4.69. The van der Waals surface area contributed by atoms with Crippen molar-refractivity contribution in [2.45, 2.75) is 36.6 Å². The Morgan fingerprint density at radius 3 is 2.48 bits per heavy atom. The molecule has 0 amide bonds. The van der Waals surface area contributed by atoms with Crippen LogP contribution in [-0.2, 0) is 10.0 Å². The van der Waals surface area contributed by atoms with Gasteiger partial charge in [-0.3, -0.25) is 0 Å². The molecule has 7 heteroatoms. The van der Waals surface area contributed by atoms with Crippen LogP contribution in [0, 0.1) is 0 Å². The van der Waals surface area contributed by atoms with Gasteiger partial charge in [-0.15, -0.1) is 0 Å². The minimum Gasteiger partial charge on any atom is -0.337 e. The molecule has 1 aromatic heterocycles. The molecule has 6 nitrogen and oxygen atoms in total. The molecule has 2 heterocycles.